The van der Waals surface area contributed by atoms with Crippen LogP contribution in [0.3, 0.4) is 0 Å². The Morgan fingerprint density at radius 1 is 1.30 bits per heavy atom. The Balaban J connectivity index is 0.00000364. The van der Waals surface area contributed by atoms with Gasteiger partial charge in [-0.15, -0.1) is 24.0 Å². The Bertz CT molecular complexity index is 579. The van der Waals surface area contributed by atoms with Crippen LogP contribution in [0.25, 0.3) is 0 Å². The predicted octanol–water partition coefficient (Wildman–Crippen LogP) is 3.45. The summed E-state index contributed by atoms with van der Waals surface area (Å²) in [5, 5.41) is 6.84. The third-order valence-corrected chi connectivity index (χ3v) is 5.02. The molecule has 0 saturated carbocycles. The van der Waals surface area contributed by atoms with Crippen LogP contribution in [0.5, 0.6) is 5.75 Å². The molecule has 0 radical (unpaired) electrons. The molecule has 2 rings (SSSR count). The number of nitrogens with one attached hydrogen (secondary N) is 2. The number of benzene rings is 1. The van der Waals surface area contributed by atoms with Crippen LogP contribution in [0, 0.1) is 12.8 Å². The number of nitrogens with zero attached hydrogens (tertiary/aromatic N) is 2. The highest BCUT2D eigenvalue weighted by molar-refractivity contribution is 14.0. The van der Waals surface area contributed by atoms with Gasteiger partial charge in [-0.3, -0.25) is 4.99 Å². The van der Waals surface area contributed by atoms with Crippen molar-refractivity contribution in [2.45, 2.75) is 40.0 Å². The van der Waals surface area contributed by atoms with Gasteiger partial charge in [-0.25, -0.2) is 0 Å². The molecule has 1 unspecified atom stereocenters. The second-order valence-electron chi connectivity index (χ2n) is 7.11. The Kier molecular flexibility index (Phi) is 11.7. The van der Waals surface area contributed by atoms with E-state index >= 15 is 0 Å². The highest BCUT2D eigenvalue weighted by Gasteiger charge is 2.18. The van der Waals surface area contributed by atoms with E-state index in [1.807, 2.05) is 6.07 Å². The number of methoxy groups -OCH3 is 1. The van der Waals surface area contributed by atoms with Gasteiger partial charge in [-0.1, -0.05) is 24.6 Å². The monoisotopic (exact) mass is 488 g/mol. The van der Waals surface area contributed by atoms with Gasteiger partial charge in [0.25, 0.3) is 0 Å². The van der Waals surface area contributed by atoms with Gasteiger partial charge in [0.2, 0.25) is 0 Å². The third kappa shape index (κ3) is 8.25. The molecule has 0 aromatic heterocycles. The summed E-state index contributed by atoms with van der Waals surface area (Å²) in [6.45, 7) is 12.7. The van der Waals surface area contributed by atoms with Crippen molar-refractivity contribution in [1.82, 2.24) is 15.5 Å². The Morgan fingerprint density at radius 3 is 2.81 bits per heavy atom. The van der Waals surface area contributed by atoms with Crippen molar-refractivity contribution >= 4 is 29.9 Å². The Morgan fingerprint density at radius 2 is 2.11 bits per heavy atom. The lowest BCUT2D eigenvalue weighted by Crippen LogP contribution is -2.40. The van der Waals surface area contributed by atoms with Gasteiger partial charge in [-0.05, 0) is 63.7 Å². The van der Waals surface area contributed by atoms with Crippen molar-refractivity contribution in [2.75, 3.05) is 46.4 Å². The summed E-state index contributed by atoms with van der Waals surface area (Å²) in [6, 6.07) is 6.34. The van der Waals surface area contributed by atoms with Crippen LogP contribution in [0.4, 0.5) is 0 Å². The zero-order chi connectivity index (χ0) is 18.8. The minimum Gasteiger partial charge on any atom is -0.496 e. The third-order valence-electron chi connectivity index (χ3n) is 5.02. The molecule has 2 N–H and O–H groups in total. The zero-order valence-electron chi connectivity index (χ0n) is 17.4. The Hall–Kier alpha value is -1.02. The highest BCUT2D eigenvalue weighted by Crippen LogP contribution is 2.20. The average molecular weight is 488 g/mol. The topological polar surface area (TPSA) is 48.9 Å². The van der Waals surface area contributed by atoms with Crippen LogP contribution < -0.4 is 15.4 Å². The summed E-state index contributed by atoms with van der Waals surface area (Å²) in [6.07, 6.45) is 3.51. The van der Waals surface area contributed by atoms with Gasteiger partial charge in [-0.2, -0.15) is 0 Å². The smallest absolute Gasteiger partial charge is 0.191 e. The lowest BCUT2D eigenvalue weighted by Gasteiger charge is -2.31. The quantitative estimate of drug-likeness (QED) is 0.335. The molecule has 1 aromatic carbocycles. The van der Waals surface area contributed by atoms with E-state index in [0.29, 0.717) is 5.92 Å². The van der Waals surface area contributed by atoms with E-state index in [1.165, 1.54) is 37.1 Å². The molecular weight excluding hydrogens is 451 g/mol. The number of guanidine groups is 1. The number of hydrogen-bond donors (Lipinski definition) is 2. The van der Waals surface area contributed by atoms with E-state index in [1.54, 1.807) is 7.11 Å². The van der Waals surface area contributed by atoms with E-state index < -0.39 is 0 Å². The van der Waals surface area contributed by atoms with Gasteiger partial charge < -0.3 is 20.3 Å². The molecule has 1 saturated heterocycles. The van der Waals surface area contributed by atoms with E-state index in [-0.39, 0.29) is 24.0 Å². The van der Waals surface area contributed by atoms with Gasteiger partial charge in [0, 0.05) is 26.2 Å². The van der Waals surface area contributed by atoms with Crippen LogP contribution in [-0.4, -0.2) is 57.2 Å². The van der Waals surface area contributed by atoms with Crippen LogP contribution in [-0.2, 0) is 6.42 Å². The summed E-state index contributed by atoms with van der Waals surface area (Å²) in [4.78, 5) is 7.37. The van der Waals surface area contributed by atoms with Crippen LogP contribution in [0.15, 0.2) is 23.2 Å². The van der Waals surface area contributed by atoms with E-state index in [2.05, 4.69) is 48.4 Å². The summed E-state index contributed by atoms with van der Waals surface area (Å²) < 4.78 is 5.47. The van der Waals surface area contributed by atoms with Crippen molar-refractivity contribution in [1.29, 1.82) is 0 Å². The highest BCUT2D eigenvalue weighted by atomic mass is 127. The number of halogens is 1. The van der Waals surface area contributed by atoms with Gasteiger partial charge in [0.05, 0.1) is 7.11 Å². The first-order valence-corrected chi connectivity index (χ1v) is 10.0. The molecule has 0 amide bonds. The second-order valence-corrected chi connectivity index (χ2v) is 7.11. The first-order chi connectivity index (χ1) is 12.7. The predicted molar refractivity (Wildman–Crippen MR) is 126 cm³/mol. The number of hydrogen-bond acceptors (Lipinski definition) is 3. The fourth-order valence-electron chi connectivity index (χ4n) is 3.57. The largest absolute Gasteiger partial charge is 0.496 e. The molecule has 27 heavy (non-hydrogen) atoms. The summed E-state index contributed by atoms with van der Waals surface area (Å²) in [7, 11) is 1.73. The average Bonchev–Trinajstić information content (AvgIpc) is 2.66. The normalized spacial score (nSPS) is 17.9. The molecule has 0 aliphatic carbocycles. The molecule has 5 nitrogen and oxygen atoms in total. The van der Waals surface area contributed by atoms with Gasteiger partial charge >= 0.3 is 0 Å². The van der Waals surface area contributed by atoms with Crippen molar-refractivity contribution in [3.63, 3.8) is 0 Å². The molecule has 1 fully saturated rings. The summed E-state index contributed by atoms with van der Waals surface area (Å²) in [5.74, 6) is 2.56. The lowest BCUT2D eigenvalue weighted by molar-refractivity contribution is 0.186. The maximum Gasteiger partial charge on any atom is 0.191 e. The Labute approximate surface area is 182 Å². The number of rotatable bonds is 8. The molecular formula is C21H37IN4O. The molecule has 1 atom stereocenters. The van der Waals surface area contributed by atoms with Crippen LogP contribution >= 0.6 is 24.0 Å². The van der Waals surface area contributed by atoms with Crippen LogP contribution in [0.1, 0.15) is 37.8 Å². The maximum atomic E-state index is 5.47. The number of aliphatic imine (C=N–C) groups is 1. The lowest BCUT2D eigenvalue weighted by atomic mass is 9.98. The molecule has 1 aromatic rings. The van der Waals surface area contributed by atoms with E-state index in [9.17, 15) is 0 Å². The van der Waals surface area contributed by atoms with Gasteiger partial charge in [0.1, 0.15) is 5.75 Å². The fraction of sp³-hybridized carbons (Fsp3) is 0.667. The number of ether oxygens (including phenoxy) is 1. The number of likely N-dealkylation sites (tertiary alicyclic amines) is 1. The van der Waals surface area contributed by atoms with Gasteiger partial charge in [0.15, 0.2) is 5.96 Å². The van der Waals surface area contributed by atoms with Crippen molar-refractivity contribution < 1.29 is 4.74 Å². The fourth-order valence-corrected chi connectivity index (χ4v) is 3.57. The van der Waals surface area contributed by atoms with Crippen molar-refractivity contribution in [2.24, 2.45) is 10.9 Å². The molecule has 1 aliphatic heterocycles. The number of aryl methyl sites for hydroxylation is 1. The van der Waals surface area contributed by atoms with E-state index in [0.717, 1.165) is 44.3 Å². The van der Waals surface area contributed by atoms with Crippen molar-refractivity contribution in [3.05, 3.63) is 29.3 Å². The molecule has 0 spiro atoms. The second kappa shape index (κ2) is 13.2. The zero-order valence-corrected chi connectivity index (χ0v) is 19.7. The first kappa shape index (κ1) is 24.0. The minimum absolute atomic E-state index is 0. The maximum absolute atomic E-state index is 5.47. The molecule has 6 heteroatoms. The van der Waals surface area contributed by atoms with E-state index in [4.69, 9.17) is 9.73 Å². The molecule has 154 valence electrons. The van der Waals surface area contributed by atoms with Crippen molar-refractivity contribution in [3.8, 4) is 5.75 Å². The van der Waals surface area contributed by atoms with Crippen LogP contribution in [0.2, 0.25) is 0 Å². The standard InChI is InChI=1S/C21H36N4O.HI/c1-5-22-21(24-15-18-8-7-13-25(6-2)16-18)23-12-11-19-14-17(3)9-10-20(19)26-4;/h9-10,14,18H,5-8,11-13,15-16H2,1-4H3,(H2,22,23,24);1H. The molecule has 0 bridgehead atoms. The summed E-state index contributed by atoms with van der Waals surface area (Å²) >= 11 is 0. The first-order valence-electron chi connectivity index (χ1n) is 10.0. The molecule has 1 heterocycles. The summed E-state index contributed by atoms with van der Waals surface area (Å²) in [5.41, 5.74) is 2.50. The molecule has 1 aliphatic rings. The number of piperidine rings is 1. The SMILES string of the molecule is CCNC(=NCC1CCCN(CC)C1)NCCc1cc(C)ccc1OC.I. The minimum atomic E-state index is 0.